The molecule has 0 aromatic heterocycles. The molecule has 1 aromatic carbocycles. The Morgan fingerprint density at radius 1 is 1.21 bits per heavy atom. The van der Waals surface area contributed by atoms with Gasteiger partial charge < -0.3 is 9.47 Å². The summed E-state index contributed by atoms with van der Waals surface area (Å²) >= 11 is 0. The zero-order valence-corrected chi connectivity index (χ0v) is 11.9. The van der Waals surface area contributed by atoms with Crippen molar-refractivity contribution in [2.45, 2.75) is 45.6 Å². The van der Waals surface area contributed by atoms with E-state index >= 15 is 0 Å². The molecule has 19 heavy (non-hydrogen) atoms. The molecule has 0 aliphatic heterocycles. The van der Waals surface area contributed by atoms with Crippen LogP contribution in [0.15, 0.2) is 18.2 Å². The summed E-state index contributed by atoms with van der Waals surface area (Å²) in [5, 5.41) is 0. The van der Waals surface area contributed by atoms with Gasteiger partial charge in [0.05, 0.1) is 7.11 Å². The standard InChI is InChI=1S/C16H22O3/c1-11-7-4-5-8-13(11)19-15-10-6-9-14(18-3)16(15)12(2)17/h6,9-11,13H,4-5,7-8H2,1-3H3. The van der Waals surface area contributed by atoms with Gasteiger partial charge in [-0.15, -0.1) is 0 Å². The molecule has 3 heteroatoms. The van der Waals surface area contributed by atoms with Crippen LogP contribution < -0.4 is 9.47 Å². The maximum atomic E-state index is 11.8. The minimum Gasteiger partial charge on any atom is -0.496 e. The van der Waals surface area contributed by atoms with Gasteiger partial charge in [-0.3, -0.25) is 4.79 Å². The summed E-state index contributed by atoms with van der Waals surface area (Å²) in [5.74, 6) is 1.77. The van der Waals surface area contributed by atoms with Crippen molar-refractivity contribution in [2.24, 2.45) is 5.92 Å². The Labute approximate surface area is 114 Å². The Hall–Kier alpha value is -1.51. The molecule has 0 N–H and O–H groups in total. The first-order valence-corrected chi connectivity index (χ1v) is 6.98. The number of ether oxygens (including phenoxy) is 2. The van der Waals surface area contributed by atoms with Crippen LogP contribution in [0.5, 0.6) is 11.5 Å². The lowest BCUT2D eigenvalue weighted by Gasteiger charge is -2.30. The second kappa shape index (κ2) is 6.09. The number of carbonyl (C=O) groups excluding carboxylic acids is 1. The van der Waals surface area contributed by atoms with Crippen LogP contribution in [0.3, 0.4) is 0 Å². The summed E-state index contributed by atoms with van der Waals surface area (Å²) < 4.78 is 11.4. The van der Waals surface area contributed by atoms with Crippen molar-refractivity contribution >= 4 is 5.78 Å². The van der Waals surface area contributed by atoms with Crippen LogP contribution in [0.25, 0.3) is 0 Å². The number of Topliss-reactive ketones (excluding diaryl/α,β-unsaturated/α-hetero) is 1. The number of hydrogen-bond donors (Lipinski definition) is 0. The number of rotatable bonds is 4. The predicted molar refractivity (Wildman–Crippen MR) is 75.0 cm³/mol. The molecule has 1 aliphatic rings. The van der Waals surface area contributed by atoms with E-state index in [1.165, 1.54) is 19.3 Å². The highest BCUT2D eigenvalue weighted by Gasteiger charge is 2.25. The summed E-state index contributed by atoms with van der Waals surface area (Å²) in [6.07, 6.45) is 4.95. The smallest absolute Gasteiger partial charge is 0.167 e. The topological polar surface area (TPSA) is 35.5 Å². The SMILES string of the molecule is COc1cccc(OC2CCCCC2C)c1C(C)=O. The van der Waals surface area contributed by atoms with E-state index in [9.17, 15) is 4.79 Å². The van der Waals surface area contributed by atoms with Crippen LogP contribution in [-0.2, 0) is 0 Å². The Balaban J connectivity index is 2.26. The van der Waals surface area contributed by atoms with Crippen LogP contribution in [0.4, 0.5) is 0 Å². The molecule has 0 amide bonds. The van der Waals surface area contributed by atoms with Gasteiger partial charge in [-0.25, -0.2) is 0 Å². The normalized spacial score (nSPS) is 22.9. The lowest BCUT2D eigenvalue weighted by Crippen LogP contribution is -2.28. The molecular weight excluding hydrogens is 240 g/mol. The van der Waals surface area contributed by atoms with Crippen LogP contribution in [0.2, 0.25) is 0 Å². The van der Waals surface area contributed by atoms with Gasteiger partial charge in [0.1, 0.15) is 23.2 Å². The van der Waals surface area contributed by atoms with Crippen LogP contribution >= 0.6 is 0 Å². The molecular formula is C16H22O3. The van der Waals surface area contributed by atoms with E-state index in [2.05, 4.69) is 6.92 Å². The molecule has 0 heterocycles. The summed E-state index contributed by atoms with van der Waals surface area (Å²) in [6, 6.07) is 5.53. The highest BCUT2D eigenvalue weighted by Crippen LogP contribution is 2.33. The first-order chi connectivity index (χ1) is 9.13. The van der Waals surface area contributed by atoms with Crippen molar-refractivity contribution < 1.29 is 14.3 Å². The second-order valence-electron chi connectivity index (χ2n) is 5.31. The summed E-state index contributed by atoms with van der Waals surface area (Å²) in [5.41, 5.74) is 0.558. The minimum absolute atomic E-state index is 0.0177. The van der Waals surface area contributed by atoms with Crippen molar-refractivity contribution in [3.8, 4) is 11.5 Å². The number of methoxy groups -OCH3 is 1. The van der Waals surface area contributed by atoms with E-state index in [4.69, 9.17) is 9.47 Å². The highest BCUT2D eigenvalue weighted by molar-refractivity contribution is 5.99. The van der Waals surface area contributed by atoms with Gasteiger partial charge >= 0.3 is 0 Å². The van der Waals surface area contributed by atoms with Gasteiger partial charge in [-0.2, -0.15) is 0 Å². The molecule has 3 nitrogen and oxygen atoms in total. The van der Waals surface area contributed by atoms with Crippen LogP contribution in [-0.4, -0.2) is 19.0 Å². The third-order valence-electron chi connectivity index (χ3n) is 3.87. The van der Waals surface area contributed by atoms with Gasteiger partial charge in [0.2, 0.25) is 0 Å². The van der Waals surface area contributed by atoms with Crippen LogP contribution in [0.1, 0.15) is 49.9 Å². The molecule has 2 unspecified atom stereocenters. The molecule has 1 aromatic rings. The quantitative estimate of drug-likeness (QED) is 0.773. The maximum Gasteiger partial charge on any atom is 0.167 e. The zero-order valence-electron chi connectivity index (χ0n) is 11.9. The number of ketones is 1. The molecule has 2 rings (SSSR count). The van der Waals surface area contributed by atoms with Gasteiger partial charge in [0.25, 0.3) is 0 Å². The van der Waals surface area contributed by atoms with Crippen molar-refractivity contribution in [3.63, 3.8) is 0 Å². The zero-order chi connectivity index (χ0) is 13.8. The molecule has 2 atom stereocenters. The van der Waals surface area contributed by atoms with Crippen molar-refractivity contribution in [1.82, 2.24) is 0 Å². The fraction of sp³-hybridized carbons (Fsp3) is 0.562. The van der Waals surface area contributed by atoms with E-state index in [0.717, 1.165) is 6.42 Å². The summed E-state index contributed by atoms with van der Waals surface area (Å²) in [7, 11) is 1.58. The van der Waals surface area contributed by atoms with Crippen LogP contribution in [0, 0.1) is 5.92 Å². The van der Waals surface area contributed by atoms with Gasteiger partial charge in [-0.1, -0.05) is 19.4 Å². The largest absolute Gasteiger partial charge is 0.496 e. The monoisotopic (exact) mass is 262 g/mol. The lowest BCUT2D eigenvalue weighted by molar-refractivity contribution is 0.0936. The van der Waals surface area contributed by atoms with E-state index in [1.807, 2.05) is 12.1 Å². The number of hydrogen-bond acceptors (Lipinski definition) is 3. The minimum atomic E-state index is -0.0177. The molecule has 104 valence electrons. The molecule has 1 aliphatic carbocycles. The van der Waals surface area contributed by atoms with Crippen molar-refractivity contribution in [3.05, 3.63) is 23.8 Å². The van der Waals surface area contributed by atoms with E-state index in [1.54, 1.807) is 20.1 Å². The molecule has 1 saturated carbocycles. The molecule has 0 saturated heterocycles. The van der Waals surface area contributed by atoms with E-state index in [0.29, 0.717) is 23.0 Å². The molecule has 0 radical (unpaired) electrons. The Morgan fingerprint density at radius 2 is 1.89 bits per heavy atom. The summed E-state index contributed by atoms with van der Waals surface area (Å²) in [6.45, 7) is 3.77. The Morgan fingerprint density at radius 3 is 2.53 bits per heavy atom. The van der Waals surface area contributed by atoms with Gasteiger partial charge in [0, 0.05) is 0 Å². The van der Waals surface area contributed by atoms with Crippen molar-refractivity contribution in [1.29, 1.82) is 0 Å². The third kappa shape index (κ3) is 3.09. The average Bonchev–Trinajstić information content (AvgIpc) is 2.40. The lowest BCUT2D eigenvalue weighted by atomic mass is 9.88. The Kier molecular flexibility index (Phi) is 4.46. The average molecular weight is 262 g/mol. The summed E-state index contributed by atoms with van der Waals surface area (Å²) in [4.78, 5) is 11.8. The number of carbonyl (C=O) groups is 1. The maximum absolute atomic E-state index is 11.8. The Bertz CT molecular complexity index is 453. The van der Waals surface area contributed by atoms with E-state index < -0.39 is 0 Å². The first kappa shape index (κ1) is 13.9. The van der Waals surface area contributed by atoms with Crippen molar-refractivity contribution in [2.75, 3.05) is 7.11 Å². The fourth-order valence-electron chi connectivity index (χ4n) is 2.75. The van der Waals surface area contributed by atoms with E-state index in [-0.39, 0.29) is 11.9 Å². The number of benzene rings is 1. The fourth-order valence-corrected chi connectivity index (χ4v) is 2.75. The molecule has 1 fully saturated rings. The highest BCUT2D eigenvalue weighted by atomic mass is 16.5. The second-order valence-corrected chi connectivity index (χ2v) is 5.31. The van der Waals surface area contributed by atoms with Gasteiger partial charge in [0.15, 0.2) is 5.78 Å². The third-order valence-corrected chi connectivity index (χ3v) is 3.87. The predicted octanol–water partition coefficient (Wildman–Crippen LogP) is 3.86. The first-order valence-electron chi connectivity index (χ1n) is 6.98. The molecule has 0 bridgehead atoms. The van der Waals surface area contributed by atoms with Gasteiger partial charge in [-0.05, 0) is 44.2 Å². The molecule has 0 spiro atoms.